The highest BCUT2D eigenvalue weighted by atomic mass is 32.2. The first-order valence-corrected chi connectivity index (χ1v) is 16.8. The van der Waals surface area contributed by atoms with Gasteiger partial charge in [-0.25, -0.2) is 0 Å². The van der Waals surface area contributed by atoms with E-state index in [0.29, 0.717) is 24.3 Å². The highest BCUT2D eigenvalue weighted by Gasteiger charge is 2.35. The van der Waals surface area contributed by atoms with Gasteiger partial charge in [-0.1, -0.05) is 62.4 Å². The number of ether oxygens (including phenoxy) is 3. The van der Waals surface area contributed by atoms with E-state index in [2.05, 4.69) is 12.2 Å². The summed E-state index contributed by atoms with van der Waals surface area (Å²) in [5.41, 5.74) is 2.44. The number of benzene rings is 2. The Bertz CT molecular complexity index is 1190. The predicted octanol–water partition coefficient (Wildman–Crippen LogP) is 6.95. The Hall–Kier alpha value is -3.33. The fourth-order valence-electron chi connectivity index (χ4n) is 5.42. The van der Waals surface area contributed by atoms with E-state index in [9.17, 15) is 19.2 Å². The van der Waals surface area contributed by atoms with Crippen molar-refractivity contribution in [2.75, 3.05) is 25.7 Å². The lowest BCUT2D eigenvalue weighted by Crippen LogP contribution is -2.36. The molecule has 0 aliphatic rings. The van der Waals surface area contributed by atoms with Gasteiger partial charge in [0.15, 0.2) is 0 Å². The quantitative estimate of drug-likeness (QED) is 0.106. The summed E-state index contributed by atoms with van der Waals surface area (Å²) in [6, 6.07) is 15.4. The standard InChI is InChI=1S/C36H51NO7S/c1-9-25-15-11-13-17-27(25)29(23-35(3,4)33(40)42-7)37-31(38)19-21-45-22-20-32(39)44-30(24-36(5,6)34(41)43-8)28-18-14-12-16-26(28)10-2/h11-18,29-30H,9-10,19-24H2,1-8H3,(H,37,38). The van der Waals surface area contributed by atoms with Gasteiger partial charge in [0.2, 0.25) is 5.91 Å². The molecule has 9 heteroatoms. The summed E-state index contributed by atoms with van der Waals surface area (Å²) in [7, 11) is 2.73. The third-order valence-electron chi connectivity index (χ3n) is 8.01. The second-order valence-electron chi connectivity index (χ2n) is 12.5. The Morgan fingerprint density at radius 2 is 1.22 bits per heavy atom. The Labute approximate surface area is 273 Å². The van der Waals surface area contributed by atoms with Crippen LogP contribution in [0.2, 0.25) is 0 Å². The topological polar surface area (TPSA) is 108 Å². The first kappa shape index (κ1) is 37.9. The maximum absolute atomic E-state index is 13.1. The van der Waals surface area contributed by atoms with Gasteiger partial charge < -0.3 is 19.5 Å². The van der Waals surface area contributed by atoms with Crippen LogP contribution in [0.25, 0.3) is 0 Å². The fourth-order valence-corrected chi connectivity index (χ4v) is 6.26. The van der Waals surface area contributed by atoms with Crippen molar-refractivity contribution in [2.45, 2.75) is 92.2 Å². The lowest BCUT2D eigenvalue weighted by molar-refractivity contribution is -0.159. The molecule has 0 spiro atoms. The van der Waals surface area contributed by atoms with Crippen molar-refractivity contribution in [3.05, 3.63) is 70.8 Å². The van der Waals surface area contributed by atoms with Crippen molar-refractivity contribution in [1.82, 2.24) is 5.32 Å². The van der Waals surface area contributed by atoms with Crippen LogP contribution in [0.1, 0.15) is 102 Å². The SMILES string of the molecule is CCc1ccccc1C(CC(C)(C)C(=O)OC)NC(=O)CCSCCC(=O)OC(CC(C)(C)C(=O)OC)c1ccccc1CC. The third-order valence-corrected chi connectivity index (χ3v) is 9.00. The van der Waals surface area contributed by atoms with Gasteiger partial charge in [0.05, 0.1) is 37.5 Å². The summed E-state index contributed by atoms with van der Waals surface area (Å²) in [5, 5.41) is 3.14. The molecule has 0 aromatic heterocycles. The second-order valence-corrected chi connectivity index (χ2v) is 13.7. The Morgan fingerprint density at radius 1 is 0.733 bits per heavy atom. The number of carbonyl (C=O) groups excluding carboxylic acids is 4. The maximum Gasteiger partial charge on any atom is 0.311 e. The number of nitrogens with one attached hydrogen (secondary N) is 1. The minimum Gasteiger partial charge on any atom is -0.469 e. The van der Waals surface area contributed by atoms with Crippen LogP contribution in [-0.4, -0.2) is 49.5 Å². The van der Waals surface area contributed by atoms with Crippen LogP contribution in [0.15, 0.2) is 48.5 Å². The number of hydrogen-bond donors (Lipinski definition) is 1. The Kier molecular flexibility index (Phi) is 15.1. The van der Waals surface area contributed by atoms with Crippen LogP contribution in [0.4, 0.5) is 0 Å². The summed E-state index contributed by atoms with van der Waals surface area (Å²) < 4.78 is 16.0. The molecule has 0 saturated carbocycles. The van der Waals surface area contributed by atoms with E-state index in [-0.39, 0.29) is 42.7 Å². The molecule has 0 fully saturated rings. The molecule has 2 atom stereocenters. The van der Waals surface area contributed by atoms with E-state index in [1.54, 1.807) is 13.8 Å². The van der Waals surface area contributed by atoms with Crippen molar-refractivity contribution in [3.63, 3.8) is 0 Å². The normalized spacial score (nSPS) is 13.0. The molecule has 2 unspecified atom stereocenters. The van der Waals surface area contributed by atoms with Crippen LogP contribution in [-0.2, 0) is 46.2 Å². The second kappa shape index (κ2) is 18.0. The molecule has 0 bridgehead atoms. The van der Waals surface area contributed by atoms with Gasteiger partial charge in [0.1, 0.15) is 6.10 Å². The maximum atomic E-state index is 13.1. The highest BCUT2D eigenvalue weighted by molar-refractivity contribution is 7.99. The molecule has 1 amide bonds. The number of aryl methyl sites for hydroxylation is 2. The van der Waals surface area contributed by atoms with Gasteiger partial charge in [0, 0.05) is 24.3 Å². The van der Waals surface area contributed by atoms with Crippen LogP contribution in [0, 0.1) is 10.8 Å². The summed E-state index contributed by atoms with van der Waals surface area (Å²) >= 11 is 1.50. The van der Waals surface area contributed by atoms with Crippen molar-refractivity contribution < 1.29 is 33.4 Å². The van der Waals surface area contributed by atoms with E-state index < -0.39 is 16.9 Å². The molecule has 0 heterocycles. The van der Waals surface area contributed by atoms with Gasteiger partial charge in [-0.15, -0.1) is 0 Å². The molecule has 248 valence electrons. The molecule has 2 rings (SSSR count). The summed E-state index contributed by atoms with van der Waals surface area (Å²) in [4.78, 5) is 50.9. The lowest BCUT2D eigenvalue weighted by Gasteiger charge is -2.29. The number of amides is 1. The zero-order valence-corrected chi connectivity index (χ0v) is 29.0. The van der Waals surface area contributed by atoms with Gasteiger partial charge in [-0.3, -0.25) is 19.2 Å². The Morgan fingerprint density at radius 3 is 1.78 bits per heavy atom. The summed E-state index contributed by atoms with van der Waals surface area (Å²) in [6.07, 6.45) is 2.12. The van der Waals surface area contributed by atoms with E-state index in [1.165, 1.54) is 26.0 Å². The summed E-state index contributed by atoms with van der Waals surface area (Å²) in [6.45, 7) is 11.3. The van der Waals surface area contributed by atoms with Gasteiger partial charge >= 0.3 is 17.9 Å². The number of thioether (sulfide) groups is 1. The fraction of sp³-hybridized carbons (Fsp3) is 0.556. The average molecular weight is 642 g/mol. The van der Waals surface area contributed by atoms with Crippen LogP contribution < -0.4 is 5.32 Å². The molecule has 0 saturated heterocycles. The van der Waals surface area contributed by atoms with Gasteiger partial charge in [-0.05, 0) is 69.2 Å². The first-order valence-electron chi connectivity index (χ1n) is 15.7. The first-order chi connectivity index (χ1) is 21.3. The smallest absolute Gasteiger partial charge is 0.311 e. The van der Waals surface area contributed by atoms with E-state index in [4.69, 9.17) is 14.2 Å². The number of hydrogen-bond acceptors (Lipinski definition) is 8. The molecule has 2 aromatic carbocycles. The largest absolute Gasteiger partial charge is 0.469 e. The molecular formula is C36H51NO7S. The van der Waals surface area contributed by atoms with Crippen LogP contribution in [0.3, 0.4) is 0 Å². The monoisotopic (exact) mass is 641 g/mol. The summed E-state index contributed by atoms with van der Waals surface area (Å²) in [5.74, 6) is -0.147. The minimum atomic E-state index is -0.843. The molecule has 1 N–H and O–H groups in total. The van der Waals surface area contributed by atoms with E-state index in [0.717, 1.165) is 35.1 Å². The third kappa shape index (κ3) is 11.5. The number of esters is 3. The van der Waals surface area contributed by atoms with Crippen LogP contribution in [0.5, 0.6) is 0 Å². The van der Waals surface area contributed by atoms with Gasteiger partial charge in [0.25, 0.3) is 0 Å². The molecule has 2 aromatic rings. The van der Waals surface area contributed by atoms with E-state index in [1.807, 2.05) is 69.3 Å². The zero-order valence-electron chi connectivity index (χ0n) is 28.2. The average Bonchev–Trinajstić information content (AvgIpc) is 3.02. The predicted molar refractivity (Wildman–Crippen MR) is 179 cm³/mol. The molecule has 0 aliphatic carbocycles. The van der Waals surface area contributed by atoms with Crippen molar-refractivity contribution >= 4 is 35.6 Å². The molecule has 0 radical (unpaired) electrons. The Balaban J connectivity index is 1.99. The van der Waals surface area contributed by atoms with Crippen molar-refractivity contribution in [1.29, 1.82) is 0 Å². The lowest BCUT2D eigenvalue weighted by atomic mass is 9.82. The molecule has 8 nitrogen and oxygen atoms in total. The number of methoxy groups -OCH3 is 2. The van der Waals surface area contributed by atoms with Crippen LogP contribution >= 0.6 is 11.8 Å². The minimum absolute atomic E-state index is 0.122. The van der Waals surface area contributed by atoms with E-state index >= 15 is 0 Å². The molecule has 45 heavy (non-hydrogen) atoms. The highest BCUT2D eigenvalue weighted by Crippen LogP contribution is 2.36. The molecule has 0 aliphatic heterocycles. The molecular weight excluding hydrogens is 590 g/mol. The number of rotatable bonds is 18. The van der Waals surface area contributed by atoms with Crippen molar-refractivity contribution in [2.24, 2.45) is 10.8 Å². The number of carbonyl (C=O) groups is 4. The van der Waals surface area contributed by atoms with Crippen molar-refractivity contribution in [3.8, 4) is 0 Å². The van der Waals surface area contributed by atoms with Gasteiger partial charge in [-0.2, -0.15) is 11.8 Å². The zero-order chi connectivity index (χ0) is 33.6.